The van der Waals surface area contributed by atoms with Crippen LogP contribution < -0.4 is 5.32 Å². The van der Waals surface area contributed by atoms with Crippen molar-refractivity contribution in [3.63, 3.8) is 0 Å². The van der Waals surface area contributed by atoms with Crippen molar-refractivity contribution in [2.24, 2.45) is 0 Å². The van der Waals surface area contributed by atoms with E-state index in [0.29, 0.717) is 28.3 Å². The minimum atomic E-state index is -0.545. The molecule has 6 heteroatoms. The molecule has 1 amide bonds. The topological polar surface area (TPSA) is 68.5 Å². The summed E-state index contributed by atoms with van der Waals surface area (Å²) in [6.07, 6.45) is 0. The van der Waals surface area contributed by atoms with E-state index in [-0.39, 0.29) is 11.4 Å². The van der Waals surface area contributed by atoms with Gasteiger partial charge in [0.05, 0.1) is 23.9 Å². The molecule has 0 radical (unpaired) electrons. The number of furan rings is 1. The number of ether oxygens (including phenoxy) is 1. The number of anilines is 1. The maximum atomic E-state index is 13.1. The minimum Gasteiger partial charge on any atom is -0.465 e. The molecule has 0 spiro atoms. The van der Waals surface area contributed by atoms with Crippen LogP contribution in [-0.4, -0.2) is 19.0 Å². The quantitative estimate of drug-likeness (QED) is 0.705. The molecule has 2 aromatic carbocycles. The van der Waals surface area contributed by atoms with Gasteiger partial charge in [-0.2, -0.15) is 0 Å². The van der Waals surface area contributed by atoms with Gasteiger partial charge in [0.15, 0.2) is 0 Å². The molecule has 0 aliphatic carbocycles. The number of para-hydroxylation sites is 1. The Balaban J connectivity index is 1.88. The SMILES string of the molecule is COC(=O)c1ccccc1NC(=O)c1cc(-c2ccc(F)cc2)oc1C. The Bertz CT molecular complexity index is 960. The van der Waals surface area contributed by atoms with Gasteiger partial charge in [-0.3, -0.25) is 4.79 Å². The molecule has 1 N–H and O–H groups in total. The summed E-state index contributed by atoms with van der Waals surface area (Å²) in [6, 6.07) is 13.9. The normalized spacial score (nSPS) is 10.4. The molecule has 0 atom stereocenters. The predicted molar refractivity (Wildman–Crippen MR) is 94.6 cm³/mol. The van der Waals surface area contributed by atoms with Crippen molar-refractivity contribution < 1.29 is 23.1 Å². The van der Waals surface area contributed by atoms with Gasteiger partial charge in [0.1, 0.15) is 17.3 Å². The van der Waals surface area contributed by atoms with Crippen LogP contribution in [0.25, 0.3) is 11.3 Å². The van der Waals surface area contributed by atoms with E-state index in [9.17, 15) is 14.0 Å². The van der Waals surface area contributed by atoms with Crippen molar-refractivity contribution >= 4 is 17.6 Å². The Morgan fingerprint density at radius 1 is 1.04 bits per heavy atom. The van der Waals surface area contributed by atoms with Gasteiger partial charge in [-0.1, -0.05) is 12.1 Å². The molecular weight excluding hydrogens is 337 g/mol. The summed E-state index contributed by atoms with van der Waals surface area (Å²) in [4.78, 5) is 24.4. The van der Waals surface area contributed by atoms with Crippen LogP contribution in [0.4, 0.5) is 10.1 Å². The largest absolute Gasteiger partial charge is 0.465 e. The Labute approximate surface area is 149 Å². The number of amides is 1. The lowest BCUT2D eigenvalue weighted by Crippen LogP contribution is -2.15. The summed E-state index contributed by atoms with van der Waals surface area (Å²) < 4.78 is 23.4. The van der Waals surface area contributed by atoms with Crippen molar-refractivity contribution in [2.75, 3.05) is 12.4 Å². The van der Waals surface area contributed by atoms with Crippen LogP contribution in [0.15, 0.2) is 59.0 Å². The van der Waals surface area contributed by atoms with Crippen LogP contribution in [0.1, 0.15) is 26.5 Å². The molecular formula is C20H16FNO4. The summed E-state index contributed by atoms with van der Waals surface area (Å²) >= 11 is 0. The third kappa shape index (κ3) is 3.49. The number of carbonyl (C=O) groups is 2. The molecule has 1 aromatic heterocycles. The molecule has 0 bridgehead atoms. The number of aryl methyl sites for hydroxylation is 1. The molecule has 0 fully saturated rings. The van der Waals surface area contributed by atoms with E-state index < -0.39 is 11.9 Å². The van der Waals surface area contributed by atoms with E-state index >= 15 is 0 Å². The molecule has 132 valence electrons. The van der Waals surface area contributed by atoms with E-state index in [0.717, 1.165) is 0 Å². The van der Waals surface area contributed by atoms with Crippen molar-refractivity contribution in [1.29, 1.82) is 0 Å². The number of halogens is 1. The van der Waals surface area contributed by atoms with Crippen LogP contribution in [0, 0.1) is 12.7 Å². The molecule has 0 aliphatic rings. The highest BCUT2D eigenvalue weighted by molar-refractivity contribution is 6.08. The van der Waals surface area contributed by atoms with Gasteiger partial charge in [-0.15, -0.1) is 0 Å². The molecule has 3 rings (SSSR count). The maximum absolute atomic E-state index is 13.1. The number of rotatable bonds is 4. The predicted octanol–water partition coefficient (Wildman–Crippen LogP) is 4.43. The summed E-state index contributed by atoms with van der Waals surface area (Å²) in [5.41, 5.74) is 1.57. The number of carbonyl (C=O) groups excluding carboxylic acids is 2. The molecule has 3 aromatic rings. The molecule has 0 saturated carbocycles. The molecule has 1 heterocycles. The fraction of sp³-hybridized carbons (Fsp3) is 0.100. The first-order valence-corrected chi connectivity index (χ1v) is 7.84. The Kier molecular flexibility index (Phi) is 4.84. The van der Waals surface area contributed by atoms with Gasteiger partial charge < -0.3 is 14.5 Å². The van der Waals surface area contributed by atoms with Crippen LogP contribution in [-0.2, 0) is 4.74 Å². The van der Waals surface area contributed by atoms with E-state index in [1.165, 1.54) is 19.2 Å². The average molecular weight is 353 g/mol. The lowest BCUT2D eigenvalue weighted by molar-refractivity contribution is 0.0602. The second-order valence-corrected chi connectivity index (χ2v) is 5.58. The summed E-state index contributed by atoms with van der Waals surface area (Å²) in [5.74, 6) is -0.450. The van der Waals surface area contributed by atoms with Crippen molar-refractivity contribution in [2.45, 2.75) is 6.92 Å². The van der Waals surface area contributed by atoms with Gasteiger partial charge in [0.2, 0.25) is 0 Å². The molecule has 5 nitrogen and oxygen atoms in total. The number of esters is 1. The Hall–Kier alpha value is -3.41. The number of nitrogens with one attached hydrogen (secondary N) is 1. The monoisotopic (exact) mass is 353 g/mol. The van der Waals surface area contributed by atoms with Crippen LogP contribution in [0.2, 0.25) is 0 Å². The zero-order valence-electron chi connectivity index (χ0n) is 14.2. The smallest absolute Gasteiger partial charge is 0.339 e. The highest BCUT2D eigenvalue weighted by Gasteiger charge is 2.19. The van der Waals surface area contributed by atoms with Crippen LogP contribution in [0.5, 0.6) is 0 Å². The zero-order valence-corrected chi connectivity index (χ0v) is 14.2. The van der Waals surface area contributed by atoms with Crippen molar-refractivity contribution in [3.8, 4) is 11.3 Å². The molecule has 26 heavy (non-hydrogen) atoms. The second-order valence-electron chi connectivity index (χ2n) is 5.58. The zero-order chi connectivity index (χ0) is 18.7. The second kappa shape index (κ2) is 7.23. The first-order chi connectivity index (χ1) is 12.5. The standard InChI is InChI=1S/C20H16FNO4/c1-12-16(11-18(26-12)13-7-9-14(21)10-8-13)19(23)22-17-6-4-3-5-15(17)20(24)25-2/h3-11H,1-2H3,(H,22,23). The van der Waals surface area contributed by atoms with E-state index in [1.54, 1.807) is 49.4 Å². The Morgan fingerprint density at radius 3 is 2.42 bits per heavy atom. The van der Waals surface area contributed by atoms with Gasteiger partial charge in [0, 0.05) is 5.56 Å². The van der Waals surface area contributed by atoms with E-state index in [4.69, 9.17) is 9.15 Å². The third-order valence-corrected chi connectivity index (χ3v) is 3.87. The number of hydrogen-bond acceptors (Lipinski definition) is 4. The average Bonchev–Trinajstić information content (AvgIpc) is 3.04. The lowest BCUT2D eigenvalue weighted by Gasteiger charge is -2.08. The van der Waals surface area contributed by atoms with Crippen molar-refractivity contribution in [1.82, 2.24) is 0 Å². The number of hydrogen-bond donors (Lipinski definition) is 1. The summed E-state index contributed by atoms with van der Waals surface area (Å²) in [5, 5.41) is 2.70. The first-order valence-electron chi connectivity index (χ1n) is 7.84. The van der Waals surface area contributed by atoms with Crippen LogP contribution in [0.3, 0.4) is 0 Å². The van der Waals surface area contributed by atoms with E-state index in [1.807, 2.05) is 0 Å². The summed E-state index contributed by atoms with van der Waals surface area (Å²) in [6.45, 7) is 1.66. The van der Waals surface area contributed by atoms with Gasteiger partial charge >= 0.3 is 5.97 Å². The summed E-state index contributed by atoms with van der Waals surface area (Å²) in [7, 11) is 1.27. The Morgan fingerprint density at radius 2 is 1.73 bits per heavy atom. The molecule has 0 saturated heterocycles. The maximum Gasteiger partial charge on any atom is 0.339 e. The number of benzene rings is 2. The number of methoxy groups -OCH3 is 1. The van der Waals surface area contributed by atoms with Crippen LogP contribution >= 0.6 is 0 Å². The first kappa shape index (κ1) is 17.4. The third-order valence-electron chi connectivity index (χ3n) is 3.87. The fourth-order valence-corrected chi connectivity index (χ4v) is 2.53. The molecule has 0 aliphatic heterocycles. The highest BCUT2D eigenvalue weighted by Crippen LogP contribution is 2.27. The highest BCUT2D eigenvalue weighted by atomic mass is 19.1. The minimum absolute atomic E-state index is 0.253. The fourth-order valence-electron chi connectivity index (χ4n) is 2.53. The van der Waals surface area contributed by atoms with E-state index in [2.05, 4.69) is 5.32 Å². The van der Waals surface area contributed by atoms with Gasteiger partial charge in [0.25, 0.3) is 5.91 Å². The van der Waals surface area contributed by atoms with Crippen molar-refractivity contribution in [3.05, 3.63) is 77.3 Å². The van der Waals surface area contributed by atoms with Gasteiger partial charge in [-0.25, -0.2) is 9.18 Å². The molecule has 0 unspecified atom stereocenters. The lowest BCUT2D eigenvalue weighted by atomic mass is 10.1. The van der Waals surface area contributed by atoms with Gasteiger partial charge in [-0.05, 0) is 49.4 Å².